The van der Waals surface area contributed by atoms with Gasteiger partial charge in [-0.05, 0) is 6.92 Å². The average Bonchev–Trinajstić information content (AvgIpc) is 2.80. The molecule has 0 amide bonds. The predicted molar refractivity (Wildman–Crippen MR) is 53.0 cm³/mol. The summed E-state index contributed by atoms with van der Waals surface area (Å²) in [6, 6.07) is 0. The first-order valence-corrected chi connectivity index (χ1v) is 5.32. The van der Waals surface area contributed by atoms with E-state index in [0.29, 0.717) is 44.8 Å². The summed E-state index contributed by atoms with van der Waals surface area (Å²) in [5.74, 6) is 0.431. The van der Waals surface area contributed by atoms with Crippen molar-refractivity contribution < 1.29 is 18.8 Å². The van der Waals surface area contributed by atoms with Crippen LogP contribution in [-0.4, -0.2) is 36.2 Å². The molecule has 1 aromatic rings. The van der Waals surface area contributed by atoms with Gasteiger partial charge in [0, 0.05) is 32.7 Å². The Morgan fingerprint density at radius 3 is 2.81 bits per heavy atom. The number of hydrogen-bond acceptors (Lipinski definition) is 6. The van der Waals surface area contributed by atoms with Crippen LogP contribution in [0.1, 0.15) is 36.3 Å². The maximum Gasteiger partial charge on any atom is 0.290 e. The fourth-order valence-electron chi connectivity index (χ4n) is 1.88. The third-order valence-electron chi connectivity index (χ3n) is 2.67. The lowest BCUT2D eigenvalue weighted by Crippen LogP contribution is -2.37. The second kappa shape index (κ2) is 4.71. The average molecular weight is 226 g/mol. The normalized spacial score (nSPS) is 19.6. The summed E-state index contributed by atoms with van der Waals surface area (Å²) in [7, 11) is 0. The van der Waals surface area contributed by atoms with E-state index in [0.717, 1.165) is 0 Å². The Labute approximate surface area is 92.9 Å². The molecule has 2 rings (SSSR count). The van der Waals surface area contributed by atoms with E-state index in [1.807, 2.05) is 6.92 Å². The lowest BCUT2D eigenvalue weighted by molar-refractivity contribution is -0.118. The molecule has 6 heteroatoms. The Morgan fingerprint density at radius 1 is 1.50 bits per heavy atom. The fraction of sp³-hybridized carbons (Fsp3) is 0.700. The molecule has 0 bridgehead atoms. The molecule has 6 nitrogen and oxygen atoms in total. The van der Waals surface area contributed by atoms with Crippen LogP contribution in [0.2, 0.25) is 0 Å². The summed E-state index contributed by atoms with van der Waals surface area (Å²) in [5.41, 5.74) is -0.558. The highest BCUT2D eigenvalue weighted by atomic mass is 16.5. The van der Waals surface area contributed by atoms with E-state index < -0.39 is 5.60 Å². The Morgan fingerprint density at radius 2 is 2.25 bits per heavy atom. The minimum atomic E-state index is -0.558. The van der Waals surface area contributed by atoms with Crippen LogP contribution in [-0.2, 0) is 15.1 Å². The zero-order valence-corrected chi connectivity index (χ0v) is 9.14. The Hall–Kier alpha value is -1.27. The molecule has 0 aliphatic carbocycles. The van der Waals surface area contributed by atoms with E-state index in [1.54, 1.807) is 0 Å². The molecule has 1 aliphatic rings. The molecule has 2 heterocycles. The van der Waals surface area contributed by atoms with Crippen molar-refractivity contribution in [3.8, 4) is 0 Å². The minimum absolute atomic E-state index is 0.0134. The molecule has 0 N–H and O–H groups in total. The quantitative estimate of drug-likeness (QED) is 0.711. The maximum atomic E-state index is 10.5. The molecular formula is C10H14N2O4. The molecule has 0 atom stereocenters. The van der Waals surface area contributed by atoms with Crippen molar-refractivity contribution in [2.24, 2.45) is 0 Å². The third-order valence-corrected chi connectivity index (χ3v) is 2.67. The van der Waals surface area contributed by atoms with Crippen molar-refractivity contribution >= 4 is 6.29 Å². The van der Waals surface area contributed by atoms with Crippen LogP contribution in [0.15, 0.2) is 4.52 Å². The highest BCUT2D eigenvalue weighted by Crippen LogP contribution is 2.33. The van der Waals surface area contributed by atoms with E-state index in [-0.39, 0.29) is 5.89 Å². The number of carbonyl (C=O) groups excluding carboxylic acids is 1. The number of nitrogens with zero attached hydrogens (tertiary/aromatic N) is 2. The smallest absolute Gasteiger partial charge is 0.290 e. The summed E-state index contributed by atoms with van der Waals surface area (Å²) < 4.78 is 15.8. The molecular weight excluding hydrogens is 212 g/mol. The molecule has 1 saturated heterocycles. The molecule has 0 spiro atoms. The van der Waals surface area contributed by atoms with Crippen LogP contribution in [0.5, 0.6) is 0 Å². The molecule has 1 aromatic heterocycles. The summed E-state index contributed by atoms with van der Waals surface area (Å²) in [6.45, 7) is 3.68. The molecule has 1 aliphatic heterocycles. The van der Waals surface area contributed by atoms with E-state index in [2.05, 4.69) is 10.1 Å². The topological polar surface area (TPSA) is 74.5 Å². The second-order valence-corrected chi connectivity index (χ2v) is 3.61. The number of carbonyl (C=O) groups is 1. The summed E-state index contributed by atoms with van der Waals surface area (Å²) in [6.07, 6.45) is 1.90. The molecule has 0 unspecified atom stereocenters. The van der Waals surface area contributed by atoms with E-state index in [4.69, 9.17) is 14.0 Å². The molecule has 1 fully saturated rings. The van der Waals surface area contributed by atoms with Gasteiger partial charge in [-0.25, -0.2) is 0 Å². The van der Waals surface area contributed by atoms with Crippen LogP contribution in [0.3, 0.4) is 0 Å². The van der Waals surface area contributed by atoms with Crippen LogP contribution >= 0.6 is 0 Å². The summed E-state index contributed by atoms with van der Waals surface area (Å²) in [4.78, 5) is 14.5. The number of rotatable bonds is 4. The van der Waals surface area contributed by atoms with Crippen molar-refractivity contribution in [3.05, 3.63) is 11.7 Å². The van der Waals surface area contributed by atoms with Crippen LogP contribution in [0.4, 0.5) is 0 Å². The number of hydrogen-bond donors (Lipinski definition) is 0. The van der Waals surface area contributed by atoms with E-state index in [9.17, 15) is 4.79 Å². The van der Waals surface area contributed by atoms with Gasteiger partial charge in [0.1, 0.15) is 5.60 Å². The second-order valence-electron chi connectivity index (χ2n) is 3.61. The SMILES string of the molecule is CCOC1(c2noc(C=O)n2)CCOCC1. The largest absolute Gasteiger partial charge is 0.381 e. The Bertz CT molecular complexity index is 352. The van der Waals surface area contributed by atoms with Crippen molar-refractivity contribution in [1.29, 1.82) is 0 Å². The molecule has 0 saturated carbocycles. The van der Waals surface area contributed by atoms with Gasteiger partial charge in [0.15, 0.2) is 0 Å². The Kier molecular flexibility index (Phi) is 3.31. The van der Waals surface area contributed by atoms with Crippen molar-refractivity contribution in [3.63, 3.8) is 0 Å². The minimum Gasteiger partial charge on any atom is -0.381 e. The van der Waals surface area contributed by atoms with Crippen molar-refractivity contribution in [1.82, 2.24) is 10.1 Å². The highest BCUT2D eigenvalue weighted by Gasteiger charge is 2.39. The molecule has 16 heavy (non-hydrogen) atoms. The number of aldehydes is 1. The van der Waals surface area contributed by atoms with Gasteiger partial charge in [-0.2, -0.15) is 4.98 Å². The maximum absolute atomic E-state index is 10.5. The first-order chi connectivity index (χ1) is 7.80. The Balaban J connectivity index is 2.26. The lowest BCUT2D eigenvalue weighted by atomic mass is 9.93. The van der Waals surface area contributed by atoms with Gasteiger partial charge in [0.25, 0.3) is 5.89 Å². The monoisotopic (exact) mass is 226 g/mol. The fourth-order valence-corrected chi connectivity index (χ4v) is 1.88. The zero-order chi connectivity index (χ0) is 11.4. The highest BCUT2D eigenvalue weighted by molar-refractivity contribution is 5.67. The van der Waals surface area contributed by atoms with Gasteiger partial charge in [-0.1, -0.05) is 5.16 Å². The first-order valence-electron chi connectivity index (χ1n) is 5.32. The van der Waals surface area contributed by atoms with E-state index in [1.165, 1.54) is 0 Å². The van der Waals surface area contributed by atoms with Crippen molar-refractivity contribution in [2.45, 2.75) is 25.4 Å². The zero-order valence-electron chi connectivity index (χ0n) is 9.14. The van der Waals surface area contributed by atoms with Crippen molar-refractivity contribution in [2.75, 3.05) is 19.8 Å². The van der Waals surface area contributed by atoms with Gasteiger partial charge in [0.2, 0.25) is 12.1 Å². The lowest BCUT2D eigenvalue weighted by Gasteiger charge is -2.33. The van der Waals surface area contributed by atoms with Gasteiger partial charge >= 0.3 is 0 Å². The predicted octanol–water partition coefficient (Wildman–Crippen LogP) is 0.924. The van der Waals surface area contributed by atoms with Gasteiger partial charge in [-0.15, -0.1) is 0 Å². The standard InChI is InChI=1S/C10H14N2O4/c1-2-15-10(3-5-14-6-4-10)9-11-8(7-13)16-12-9/h7H,2-6H2,1H3. The first kappa shape index (κ1) is 11.2. The summed E-state index contributed by atoms with van der Waals surface area (Å²) >= 11 is 0. The molecule has 0 aromatic carbocycles. The molecule has 88 valence electrons. The molecule has 0 radical (unpaired) electrons. The third kappa shape index (κ3) is 1.98. The van der Waals surface area contributed by atoms with Crippen LogP contribution in [0.25, 0.3) is 0 Å². The number of aromatic nitrogens is 2. The van der Waals surface area contributed by atoms with Gasteiger partial charge in [-0.3, -0.25) is 4.79 Å². The van der Waals surface area contributed by atoms with Crippen LogP contribution < -0.4 is 0 Å². The van der Waals surface area contributed by atoms with Gasteiger partial charge < -0.3 is 14.0 Å². The number of ether oxygens (including phenoxy) is 2. The van der Waals surface area contributed by atoms with Crippen LogP contribution in [0, 0.1) is 0 Å². The van der Waals surface area contributed by atoms with E-state index >= 15 is 0 Å². The summed E-state index contributed by atoms with van der Waals surface area (Å²) in [5, 5.41) is 3.80. The van der Waals surface area contributed by atoms with Gasteiger partial charge in [0.05, 0.1) is 0 Å².